The van der Waals surface area contributed by atoms with Gasteiger partial charge >= 0.3 is 0 Å². The van der Waals surface area contributed by atoms with Crippen LogP contribution in [0.2, 0.25) is 0 Å². The molecule has 0 aliphatic carbocycles. The summed E-state index contributed by atoms with van der Waals surface area (Å²) in [6, 6.07) is 9.02. The topological polar surface area (TPSA) is 72.2 Å². The highest BCUT2D eigenvalue weighted by molar-refractivity contribution is 7.98. The number of carbonyl (C=O) groups excluding carboxylic acids is 2. The zero-order valence-corrected chi connectivity index (χ0v) is 12.6. The van der Waals surface area contributed by atoms with E-state index in [1.807, 2.05) is 37.3 Å². The molecular weight excluding hydrogens is 272 g/mol. The van der Waals surface area contributed by atoms with Crippen LogP contribution in [0.5, 0.6) is 0 Å². The zero-order chi connectivity index (χ0) is 14.8. The summed E-state index contributed by atoms with van der Waals surface area (Å²) in [6.07, 6.45) is 2.26. The van der Waals surface area contributed by atoms with Gasteiger partial charge in [-0.05, 0) is 12.0 Å². The summed E-state index contributed by atoms with van der Waals surface area (Å²) < 4.78 is 0. The van der Waals surface area contributed by atoms with E-state index < -0.39 is 12.1 Å². The van der Waals surface area contributed by atoms with Gasteiger partial charge in [0.1, 0.15) is 6.29 Å². The van der Waals surface area contributed by atoms with Crippen molar-refractivity contribution in [2.24, 2.45) is 5.73 Å². The average molecular weight is 294 g/mol. The quantitative estimate of drug-likeness (QED) is 0.680. The van der Waals surface area contributed by atoms with Crippen LogP contribution in [0.4, 0.5) is 0 Å². The Labute approximate surface area is 124 Å². The minimum absolute atomic E-state index is 0.246. The maximum atomic E-state index is 11.7. The van der Waals surface area contributed by atoms with Gasteiger partial charge in [-0.2, -0.15) is 11.8 Å². The van der Waals surface area contributed by atoms with E-state index in [-0.39, 0.29) is 5.91 Å². The summed E-state index contributed by atoms with van der Waals surface area (Å²) in [5.41, 5.74) is 6.92. The predicted octanol–water partition coefficient (Wildman–Crippen LogP) is 1.73. The molecule has 0 fully saturated rings. The van der Waals surface area contributed by atoms with Crippen molar-refractivity contribution in [3.63, 3.8) is 0 Å². The highest BCUT2D eigenvalue weighted by Gasteiger charge is 2.16. The Hall–Kier alpha value is -1.33. The molecule has 20 heavy (non-hydrogen) atoms. The molecule has 1 amide bonds. The highest BCUT2D eigenvalue weighted by Crippen LogP contribution is 2.12. The molecule has 0 unspecified atom stereocenters. The molecule has 0 aliphatic heterocycles. The maximum absolute atomic E-state index is 11.7. The molecule has 0 saturated heterocycles. The van der Waals surface area contributed by atoms with Crippen molar-refractivity contribution in [1.29, 1.82) is 0 Å². The Morgan fingerprint density at radius 1 is 1.40 bits per heavy atom. The van der Waals surface area contributed by atoms with Crippen molar-refractivity contribution < 1.29 is 9.59 Å². The van der Waals surface area contributed by atoms with Gasteiger partial charge in [-0.1, -0.05) is 43.7 Å². The van der Waals surface area contributed by atoms with Gasteiger partial charge in [0.15, 0.2) is 0 Å². The third-order valence-corrected chi connectivity index (χ3v) is 3.97. The Kier molecular flexibility index (Phi) is 7.99. The molecule has 0 saturated carbocycles. The summed E-state index contributed by atoms with van der Waals surface area (Å²) in [4.78, 5) is 22.7. The number of hydrogen-bond donors (Lipinski definition) is 2. The third kappa shape index (κ3) is 6.21. The van der Waals surface area contributed by atoms with Crippen molar-refractivity contribution in [3.05, 3.63) is 35.9 Å². The van der Waals surface area contributed by atoms with E-state index in [0.29, 0.717) is 12.2 Å². The lowest BCUT2D eigenvalue weighted by atomic mass is 10.1. The fourth-order valence-electron chi connectivity index (χ4n) is 1.72. The lowest BCUT2D eigenvalue weighted by Crippen LogP contribution is -2.46. The van der Waals surface area contributed by atoms with Gasteiger partial charge in [0.05, 0.1) is 12.1 Å². The summed E-state index contributed by atoms with van der Waals surface area (Å²) in [5.74, 6) is 1.13. The molecule has 2 atom stereocenters. The van der Waals surface area contributed by atoms with Gasteiger partial charge in [-0.15, -0.1) is 0 Å². The van der Waals surface area contributed by atoms with E-state index in [1.165, 1.54) is 5.56 Å². The van der Waals surface area contributed by atoms with Crippen molar-refractivity contribution >= 4 is 24.0 Å². The van der Waals surface area contributed by atoms with Crippen LogP contribution in [0.25, 0.3) is 0 Å². The molecule has 3 N–H and O–H groups in total. The van der Waals surface area contributed by atoms with Gasteiger partial charge in [0, 0.05) is 11.5 Å². The number of nitrogens with one attached hydrogen (secondary N) is 1. The molecule has 0 spiro atoms. The van der Waals surface area contributed by atoms with Gasteiger partial charge in [0.2, 0.25) is 5.91 Å². The predicted molar refractivity (Wildman–Crippen MR) is 83.5 cm³/mol. The number of thioether (sulfide) groups is 1. The second-order valence-corrected chi connectivity index (χ2v) is 5.68. The molecular formula is C15H22N2O2S. The highest BCUT2D eigenvalue weighted by atomic mass is 32.2. The number of amides is 1. The van der Waals surface area contributed by atoms with Crippen LogP contribution in [0.15, 0.2) is 30.3 Å². The molecule has 5 heteroatoms. The van der Waals surface area contributed by atoms with Crippen molar-refractivity contribution in [3.8, 4) is 0 Å². The molecule has 0 bridgehead atoms. The van der Waals surface area contributed by atoms with E-state index in [9.17, 15) is 9.59 Å². The summed E-state index contributed by atoms with van der Waals surface area (Å²) in [6.45, 7) is 1.97. The number of nitrogens with two attached hydrogens (primary N) is 1. The molecule has 1 aromatic carbocycles. The van der Waals surface area contributed by atoms with Gasteiger partial charge in [0.25, 0.3) is 0 Å². The van der Waals surface area contributed by atoms with E-state index in [2.05, 4.69) is 5.32 Å². The number of hydrogen-bond acceptors (Lipinski definition) is 4. The summed E-state index contributed by atoms with van der Waals surface area (Å²) >= 11 is 1.62. The zero-order valence-electron chi connectivity index (χ0n) is 11.7. The largest absolute Gasteiger partial charge is 0.344 e. The molecule has 1 rings (SSSR count). The van der Waals surface area contributed by atoms with Crippen molar-refractivity contribution in [2.75, 3.05) is 5.75 Å². The fraction of sp³-hybridized carbons (Fsp3) is 0.467. The Balaban J connectivity index is 2.32. The number of carbonyl (C=O) groups is 2. The first-order chi connectivity index (χ1) is 9.67. The van der Waals surface area contributed by atoms with Crippen molar-refractivity contribution in [2.45, 2.75) is 37.6 Å². The maximum Gasteiger partial charge on any atom is 0.237 e. The van der Waals surface area contributed by atoms with Crippen LogP contribution in [-0.2, 0) is 15.3 Å². The standard InChI is InChI=1S/C15H22N2O2S/c1-2-6-14(16)15(19)17-13(9-18)11-20-10-12-7-4-3-5-8-12/h3-5,7-9,13-14H,2,6,10-11,16H2,1H3,(H,17,19)/t13-,14+/m1/s1. The number of benzene rings is 1. The normalized spacial score (nSPS) is 13.5. The first-order valence-corrected chi connectivity index (χ1v) is 7.95. The monoisotopic (exact) mass is 294 g/mol. The molecule has 0 aliphatic rings. The van der Waals surface area contributed by atoms with Crippen molar-refractivity contribution in [1.82, 2.24) is 5.32 Å². The summed E-state index contributed by atoms with van der Waals surface area (Å²) in [7, 11) is 0. The van der Waals surface area contributed by atoms with Crippen LogP contribution >= 0.6 is 11.8 Å². The first kappa shape index (κ1) is 16.7. The van der Waals surface area contributed by atoms with E-state index >= 15 is 0 Å². The van der Waals surface area contributed by atoms with Crippen LogP contribution in [0, 0.1) is 0 Å². The second-order valence-electron chi connectivity index (χ2n) is 4.65. The van der Waals surface area contributed by atoms with Gasteiger partial charge < -0.3 is 15.8 Å². The van der Waals surface area contributed by atoms with Gasteiger partial charge in [-0.3, -0.25) is 4.79 Å². The van der Waals surface area contributed by atoms with Gasteiger partial charge in [-0.25, -0.2) is 0 Å². The Bertz CT molecular complexity index is 412. The second kappa shape index (κ2) is 9.55. The molecule has 0 radical (unpaired) electrons. The molecule has 0 heterocycles. The van der Waals surface area contributed by atoms with E-state index in [0.717, 1.165) is 18.5 Å². The molecule has 0 aromatic heterocycles. The smallest absolute Gasteiger partial charge is 0.237 e. The summed E-state index contributed by atoms with van der Waals surface area (Å²) in [5, 5.41) is 2.68. The van der Waals surface area contributed by atoms with E-state index in [1.54, 1.807) is 11.8 Å². The SMILES string of the molecule is CCC[C@H](N)C(=O)N[C@H](C=O)CSCc1ccccc1. The lowest BCUT2D eigenvalue weighted by molar-refractivity contribution is -0.124. The van der Waals surface area contributed by atoms with E-state index in [4.69, 9.17) is 5.73 Å². The number of aldehydes is 1. The lowest BCUT2D eigenvalue weighted by Gasteiger charge is -2.16. The number of rotatable bonds is 9. The Morgan fingerprint density at radius 2 is 2.10 bits per heavy atom. The minimum Gasteiger partial charge on any atom is -0.344 e. The third-order valence-electron chi connectivity index (χ3n) is 2.84. The molecule has 110 valence electrons. The fourth-order valence-corrected chi connectivity index (χ4v) is 2.69. The van der Waals surface area contributed by atoms with Crippen LogP contribution in [0.1, 0.15) is 25.3 Å². The average Bonchev–Trinajstić information content (AvgIpc) is 2.47. The Morgan fingerprint density at radius 3 is 2.70 bits per heavy atom. The van der Waals surface area contributed by atoms with Crippen LogP contribution in [-0.4, -0.2) is 30.0 Å². The molecule has 1 aromatic rings. The first-order valence-electron chi connectivity index (χ1n) is 6.80. The van der Waals surface area contributed by atoms with Crippen LogP contribution < -0.4 is 11.1 Å². The molecule has 4 nitrogen and oxygen atoms in total. The van der Waals surface area contributed by atoms with Crippen LogP contribution in [0.3, 0.4) is 0 Å². The minimum atomic E-state index is -0.526.